The van der Waals surface area contributed by atoms with Crippen LogP contribution in [0.15, 0.2) is 30.5 Å². The van der Waals surface area contributed by atoms with Crippen molar-refractivity contribution in [3.63, 3.8) is 0 Å². The van der Waals surface area contributed by atoms with Crippen LogP contribution in [0.25, 0.3) is 10.6 Å². The Kier molecular flexibility index (Phi) is 3.71. The van der Waals surface area contributed by atoms with E-state index < -0.39 is 11.7 Å². The maximum Gasteiger partial charge on any atom is 0.416 e. The number of nitrogens with zero attached hydrogens (tertiary/aromatic N) is 1. The third kappa shape index (κ3) is 2.90. The van der Waals surface area contributed by atoms with Crippen LogP contribution in [-0.2, 0) is 12.6 Å². The van der Waals surface area contributed by atoms with Crippen molar-refractivity contribution in [3.8, 4) is 10.6 Å². The topological polar surface area (TPSA) is 12.9 Å². The van der Waals surface area contributed by atoms with Gasteiger partial charge in [0.05, 0.1) is 5.56 Å². The van der Waals surface area contributed by atoms with Gasteiger partial charge in [0.2, 0.25) is 0 Å². The van der Waals surface area contributed by atoms with Gasteiger partial charge in [-0.25, -0.2) is 4.98 Å². The number of hydrogen-bond acceptors (Lipinski definition) is 2. The maximum atomic E-state index is 12.6. The molecule has 0 bridgehead atoms. The molecule has 5 heteroatoms. The molecule has 0 fully saturated rings. The summed E-state index contributed by atoms with van der Waals surface area (Å²) in [6.45, 7) is 2.06. The summed E-state index contributed by atoms with van der Waals surface area (Å²) in [5, 5.41) is 0.643. The SMILES string of the molecule is CCCc1cnc(-c2cccc(C(F)(F)F)c2)s1. The summed E-state index contributed by atoms with van der Waals surface area (Å²) in [7, 11) is 0. The van der Waals surface area contributed by atoms with E-state index in [-0.39, 0.29) is 0 Å². The van der Waals surface area contributed by atoms with Gasteiger partial charge in [-0.15, -0.1) is 11.3 Å². The van der Waals surface area contributed by atoms with E-state index in [0.717, 1.165) is 29.9 Å². The summed E-state index contributed by atoms with van der Waals surface area (Å²) in [6.07, 6.45) is -0.649. The second-order valence-corrected chi connectivity index (χ2v) is 5.08. The van der Waals surface area contributed by atoms with Gasteiger partial charge < -0.3 is 0 Å². The highest BCUT2D eigenvalue weighted by Crippen LogP contribution is 2.33. The van der Waals surface area contributed by atoms with Gasteiger partial charge in [-0.05, 0) is 18.6 Å². The Morgan fingerprint density at radius 3 is 2.72 bits per heavy atom. The highest BCUT2D eigenvalue weighted by Gasteiger charge is 2.30. The van der Waals surface area contributed by atoms with Gasteiger partial charge in [0, 0.05) is 16.6 Å². The predicted molar refractivity (Wildman–Crippen MR) is 66.5 cm³/mol. The number of aromatic nitrogens is 1. The van der Waals surface area contributed by atoms with Crippen LogP contribution in [0.2, 0.25) is 0 Å². The smallest absolute Gasteiger partial charge is 0.244 e. The zero-order chi connectivity index (χ0) is 13.2. The van der Waals surface area contributed by atoms with Crippen molar-refractivity contribution < 1.29 is 13.2 Å². The van der Waals surface area contributed by atoms with Gasteiger partial charge >= 0.3 is 6.18 Å². The van der Waals surface area contributed by atoms with Crippen molar-refractivity contribution >= 4 is 11.3 Å². The Balaban J connectivity index is 2.32. The van der Waals surface area contributed by atoms with Crippen molar-refractivity contribution in [2.45, 2.75) is 25.9 Å². The molecule has 0 saturated heterocycles. The van der Waals surface area contributed by atoms with E-state index in [1.165, 1.54) is 17.4 Å². The largest absolute Gasteiger partial charge is 0.416 e. The molecule has 0 saturated carbocycles. The molecule has 0 unspecified atom stereocenters. The first-order chi connectivity index (χ1) is 8.50. The van der Waals surface area contributed by atoms with Crippen LogP contribution in [0, 0.1) is 0 Å². The molecular weight excluding hydrogens is 259 g/mol. The Morgan fingerprint density at radius 2 is 2.06 bits per heavy atom. The normalized spacial score (nSPS) is 11.8. The van der Waals surface area contributed by atoms with Crippen LogP contribution in [-0.4, -0.2) is 4.98 Å². The summed E-state index contributed by atoms with van der Waals surface area (Å²) in [5.74, 6) is 0. The Bertz CT molecular complexity index is 531. The maximum absolute atomic E-state index is 12.6. The molecule has 0 amide bonds. The number of thiazole rings is 1. The minimum absolute atomic E-state index is 0.525. The zero-order valence-electron chi connectivity index (χ0n) is 9.79. The van der Waals surface area contributed by atoms with Gasteiger partial charge in [-0.2, -0.15) is 13.2 Å². The molecule has 2 aromatic rings. The molecule has 0 radical (unpaired) electrons. The molecule has 0 aliphatic carbocycles. The van der Waals surface area contributed by atoms with Crippen LogP contribution >= 0.6 is 11.3 Å². The molecule has 0 N–H and O–H groups in total. The van der Waals surface area contributed by atoms with E-state index in [2.05, 4.69) is 11.9 Å². The van der Waals surface area contributed by atoms with E-state index in [0.29, 0.717) is 10.6 Å². The lowest BCUT2D eigenvalue weighted by Gasteiger charge is -2.07. The number of alkyl halides is 3. The number of rotatable bonds is 3. The molecule has 0 aliphatic heterocycles. The molecule has 0 aliphatic rings. The monoisotopic (exact) mass is 271 g/mol. The average Bonchev–Trinajstić information content (AvgIpc) is 2.77. The molecule has 1 aromatic carbocycles. The van der Waals surface area contributed by atoms with E-state index >= 15 is 0 Å². The van der Waals surface area contributed by atoms with Gasteiger partial charge in [0.15, 0.2) is 0 Å². The fourth-order valence-electron chi connectivity index (χ4n) is 1.63. The van der Waals surface area contributed by atoms with Gasteiger partial charge in [0.25, 0.3) is 0 Å². The molecule has 0 spiro atoms. The first-order valence-electron chi connectivity index (χ1n) is 5.63. The molecule has 1 heterocycles. The Morgan fingerprint density at radius 1 is 1.28 bits per heavy atom. The highest BCUT2D eigenvalue weighted by molar-refractivity contribution is 7.15. The summed E-state index contributed by atoms with van der Waals surface area (Å²) >= 11 is 1.45. The predicted octanol–water partition coefficient (Wildman–Crippen LogP) is 4.78. The van der Waals surface area contributed by atoms with E-state index in [9.17, 15) is 13.2 Å². The van der Waals surface area contributed by atoms with Crippen LogP contribution < -0.4 is 0 Å². The quantitative estimate of drug-likeness (QED) is 0.782. The summed E-state index contributed by atoms with van der Waals surface area (Å²) in [5.41, 5.74) is -0.107. The van der Waals surface area contributed by atoms with Crippen LogP contribution in [0.3, 0.4) is 0 Å². The standard InChI is InChI=1S/C13H12F3NS/c1-2-4-11-8-17-12(18-11)9-5-3-6-10(7-9)13(14,15)16/h3,5-8H,2,4H2,1H3. The fraction of sp³-hybridized carbons (Fsp3) is 0.308. The minimum atomic E-state index is -4.31. The number of hydrogen-bond donors (Lipinski definition) is 0. The van der Waals surface area contributed by atoms with Crippen molar-refractivity contribution in [1.29, 1.82) is 0 Å². The van der Waals surface area contributed by atoms with Gasteiger partial charge in [0.1, 0.15) is 5.01 Å². The van der Waals surface area contributed by atoms with Crippen LogP contribution in [0.5, 0.6) is 0 Å². The average molecular weight is 271 g/mol. The van der Waals surface area contributed by atoms with Crippen molar-refractivity contribution in [2.75, 3.05) is 0 Å². The van der Waals surface area contributed by atoms with Crippen molar-refractivity contribution in [2.24, 2.45) is 0 Å². The molecule has 2 rings (SSSR count). The molecular formula is C13H12F3NS. The summed E-state index contributed by atoms with van der Waals surface area (Å²) in [6, 6.07) is 5.29. The van der Waals surface area contributed by atoms with E-state index in [1.807, 2.05) is 0 Å². The zero-order valence-corrected chi connectivity index (χ0v) is 10.6. The number of benzene rings is 1. The molecule has 0 atom stereocenters. The van der Waals surface area contributed by atoms with Gasteiger partial charge in [-0.3, -0.25) is 0 Å². The lowest BCUT2D eigenvalue weighted by Crippen LogP contribution is -2.04. The number of aryl methyl sites for hydroxylation is 1. The highest BCUT2D eigenvalue weighted by atomic mass is 32.1. The second-order valence-electron chi connectivity index (χ2n) is 3.96. The first kappa shape index (κ1) is 13.1. The molecule has 1 nitrogen and oxygen atoms in total. The van der Waals surface area contributed by atoms with Crippen LogP contribution in [0.4, 0.5) is 13.2 Å². The van der Waals surface area contributed by atoms with Gasteiger partial charge in [-0.1, -0.05) is 25.5 Å². The van der Waals surface area contributed by atoms with Crippen molar-refractivity contribution in [1.82, 2.24) is 4.98 Å². The lowest BCUT2D eigenvalue weighted by atomic mass is 10.1. The van der Waals surface area contributed by atoms with Crippen molar-refractivity contribution in [3.05, 3.63) is 40.9 Å². The van der Waals surface area contributed by atoms with Crippen LogP contribution in [0.1, 0.15) is 23.8 Å². The lowest BCUT2D eigenvalue weighted by molar-refractivity contribution is -0.137. The Labute approximate surface area is 107 Å². The minimum Gasteiger partial charge on any atom is -0.244 e. The second kappa shape index (κ2) is 5.10. The summed E-state index contributed by atoms with van der Waals surface area (Å²) in [4.78, 5) is 5.28. The van der Waals surface area contributed by atoms with E-state index in [1.54, 1.807) is 12.3 Å². The third-order valence-electron chi connectivity index (χ3n) is 2.49. The molecule has 96 valence electrons. The summed E-state index contributed by atoms with van der Waals surface area (Å²) < 4.78 is 37.8. The first-order valence-corrected chi connectivity index (χ1v) is 6.44. The number of halogens is 3. The fourth-order valence-corrected chi connectivity index (χ4v) is 2.64. The third-order valence-corrected chi connectivity index (χ3v) is 3.59. The van der Waals surface area contributed by atoms with E-state index in [4.69, 9.17) is 0 Å². The molecule has 18 heavy (non-hydrogen) atoms. The molecule has 1 aromatic heterocycles. The Hall–Kier alpha value is -1.36.